The van der Waals surface area contributed by atoms with Crippen molar-refractivity contribution in [2.75, 3.05) is 11.4 Å². The Labute approximate surface area is 91.2 Å². The van der Waals surface area contributed by atoms with Crippen LogP contribution < -0.4 is 4.90 Å². The van der Waals surface area contributed by atoms with Crippen LogP contribution in [-0.4, -0.2) is 12.5 Å². The van der Waals surface area contributed by atoms with E-state index in [0.717, 1.165) is 12.2 Å². The lowest BCUT2D eigenvalue weighted by Gasteiger charge is -2.23. The van der Waals surface area contributed by atoms with Gasteiger partial charge in [-0.25, -0.2) is 0 Å². The Kier molecular flexibility index (Phi) is 4.10. The number of benzene rings is 1. The Bertz CT molecular complexity index is 330. The Morgan fingerprint density at radius 3 is 2.47 bits per heavy atom. The molecule has 0 fully saturated rings. The molecule has 1 aromatic carbocycles. The van der Waals surface area contributed by atoms with E-state index in [9.17, 15) is 4.79 Å². The maximum atomic E-state index is 11.7. The Morgan fingerprint density at radius 1 is 1.40 bits per heavy atom. The number of carbonyl (C=O) groups is 1. The van der Waals surface area contributed by atoms with Crippen molar-refractivity contribution in [2.24, 2.45) is 5.92 Å². The second kappa shape index (κ2) is 5.35. The summed E-state index contributed by atoms with van der Waals surface area (Å²) in [6, 6.07) is 9.67. The van der Waals surface area contributed by atoms with Crippen molar-refractivity contribution in [3.63, 3.8) is 0 Å². The highest BCUT2D eigenvalue weighted by Crippen LogP contribution is 2.15. The zero-order chi connectivity index (χ0) is 11.3. The molecule has 0 aliphatic rings. The van der Waals surface area contributed by atoms with Gasteiger partial charge in [0, 0.05) is 12.2 Å². The van der Waals surface area contributed by atoms with E-state index < -0.39 is 0 Å². The second-order valence-electron chi connectivity index (χ2n) is 3.88. The molecule has 0 aliphatic heterocycles. The molecule has 0 saturated heterocycles. The second-order valence-corrected chi connectivity index (χ2v) is 3.88. The molecule has 0 aromatic heterocycles. The van der Waals surface area contributed by atoms with Gasteiger partial charge in [0.05, 0.1) is 0 Å². The predicted molar refractivity (Wildman–Crippen MR) is 63.8 cm³/mol. The fourth-order valence-electron chi connectivity index (χ4n) is 1.41. The molecule has 0 aliphatic carbocycles. The van der Waals surface area contributed by atoms with Gasteiger partial charge >= 0.3 is 0 Å². The number of rotatable bonds is 4. The molecule has 0 unspecified atom stereocenters. The summed E-state index contributed by atoms with van der Waals surface area (Å²) in [5.74, 6) is 0.393. The molecule has 0 spiro atoms. The number of hydrogen-bond acceptors (Lipinski definition) is 1. The van der Waals surface area contributed by atoms with Crippen LogP contribution in [0.1, 0.15) is 13.8 Å². The van der Waals surface area contributed by atoms with Crippen molar-refractivity contribution in [1.82, 2.24) is 0 Å². The molecule has 0 saturated carbocycles. The molecule has 15 heavy (non-hydrogen) atoms. The van der Waals surface area contributed by atoms with Crippen LogP contribution in [0.15, 0.2) is 43.0 Å². The van der Waals surface area contributed by atoms with Crippen molar-refractivity contribution < 1.29 is 4.79 Å². The average Bonchev–Trinajstić information content (AvgIpc) is 2.26. The van der Waals surface area contributed by atoms with E-state index in [1.165, 1.54) is 6.08 Å². The van der Waals surface area contributed by atoms with Gasteiger partial charge in [0.25, 0.3) is 0 Å². The van der Waals surface area contributed by atoms with E-state index in [-0.39, 0.29) is 5.91 Å². The summed E-state index contributed by atoms with van der Waals surface area (Å²) < 4.78 is 0. The van der Waals surface area contributed by atoms with E-state index in [2.05, 4.69) is 20.4 Å². The minimum atomic E-state index is -0.0464. The fourth-order valence-corrected chi connectivity index (χ4v) is 1.41. The van der Waals surface area contributed by atoms with E-state index >= 15 is 0 Å². The van der Waals surface area contributed by atoms with E-state index in [1.54, 1.807) is 4.90 Å². The van der Waals surface area contributed by atoms with E-state index in [0.29, 0.717) is 5.92 Å². The summed E-state index contributed by atoms with van der Waals surface area (Å²) in [5.41, 5.74) is 0.927. The summed E-state index contributed by atoms with van der Waals surface area (Å²) in [5, 5.41) is 0. The molecule has 1 rings (SSSR count). The zero-order valence-corrected chi connectivity index (χ0v) is 9.31. The lowest BCUT2D eigenvalue weighted by Crippen LogP contribution is -2.32. The van der Waals surface area contributed by atoms with Gasteiger partial charge in [-0.2, -0.15) is 0 Å². The van der Waals surface area contributed by atoms with Gasteiger partial charge in [-0.15, -0.1) is 0 Å². The lowest BCUT2D eigenvalue weighted by molar-refractivity contribution is -0.114. The van der Waals surface area contributed by atoms with Crippen molar-refractivity contribution in [2.45, 2.75) is 13.8 Å². The Balaban J connectivity index is 2.91. The first-order valence-corrected chi connectivity index (χ1v) is 5.14. The Hall–Kier alpha value is -1.57. The number of para-hydroxylation sites is 1. The number of anilines is 1. The highest BCUT2D eigenvalue weighted by Gasteiger charge is 2.13. The monoisotopic (exact) mass is 203 g/mol. The van der Waals surface area contributed by atoms with Gasteiger partial charge in [-0.1, -0.05) is 38.6 Å². The molecule has 1 aromatic rings. The molecular formula is C13H17NO. The quantitative estimate of drug-likeness (QED) is 0.689. The van der Waals surface area contributed by atoms with Crippen LogP contribution in [0.25, 0.3) is 0 Å². The van der Waals surface area contributed by atoms with Gasteiger partial charge in [-0.05, 0) is 24.1 Å². The fraction of sp³-hybridized carbons (Fsp3) is 0.308. The molecule has 0 N–H and O–H groups in total. The molecule has 0 heterocycles. The van der Waals surface area contributed by atoms with Crippen LogP contribution in [0.2, 0.25) is 0 Å². The zero-order valence-electron chi connectivity index (χ0n) is 9.31. The number of amides is 1. The summed E-state index contributed by atoms with van der Waals surface area (Å²) in [6.07, 6.45) is 1.36. The minimum absolute atomic E-state index is 0.0464. The number of nitrogens with zero attached hydrogens (tertiary/aromatic N) is 1. The Morgan fingerprint density at radius 2 is 2.00 bits per heavy atom. The van der Waals surface area contributed by atoms with Crippen molar-refractivity contribution in [1.29, 1.82) is 0 Å². The summed E-state index contributed by atoms with van der Waals surface area (Å²) in [4.78, 5) is 13.4. The van der Waals surface area contributed by atoms with E-state index in [1.807, 2.05) is 30.3 Å². The standard InChI is InChI=1S/C13H17NO/c1-4-13(15)14(10-11(2)3)12-8-6-5-7-9-12/h4-9,11H,1,10H2,2-3H3. The molecule has 0 radical (unpaired) electrons. The largest absolute Gasteiger partial charge is 0.309 e. The third-order valence-corrected chi connectivity index (χ3v) is 2.06. The topological polar surface area (TPSA) is 20.3 Å². The van der Waals surface area contributed by atoms with Gasteiger partial charge < -0.3 is 4.90 Å². The first kappa shape index (κ1) is 11.5. The van der Waals surface area contributed by atoms with Gasteiger partial charge in [0.15, 0.2) is 0 Å². The molecule has 2 nitrogen and oxygen atoms in total. The normalized spacial score (nSPS) is 10.1. The maximum absolute atomic E-state index is 11.7. The van der Waals surface area contributed by atoms with Gasteiger partial charge in [0.1, 0.15) is 0 Å². The van der Waals surface area contributed by atoms with E-state index in [4.69, 9.17) is 0 Å². The van der Waals surface area contributed by atoms with Gasteiger partial charge in [0.2, 0.25) is 5.91 Å². The summed E-state index contributed by atoms with van der Waals surface area (Å²) >= 11 is 0. The van der Waals surface area contributed by atoms with Crippen LogP contribution in [0.4, 0.5) is 5.69 Å². The average molecular weight is 203 g/mol. The predicted octanol–water partition coefficient (Wildman–Crippen LogP) is 2.86. The van der Waals surface area contributed by atoms with Gasteiger partial charge in [-0.3, -0.25) is 4.79 Å². The first-order chi connectivity index (χ1) is 7.15. The maximum Gasteiger partial charge on any atom is 0.250 e. The minimum Gasteiger partial charge on any atom is -0.309 e. The molecule has 0 bridgehead atoms. The highest BCUT2D eigenvalue weighted by atomic mass is 16.2. The van der Waals surface area contributed by atoms with Crippen LogP contribution in [0.5, 0.6) is 0 Å². The molecule has 0 atom stereocenters. The number of carbonyl (C=O) groups excluding carboxylic acids is 1. The van der Waals surface area contributed by atoms with Crippen molar-refractivity contribution in [3.05, 3.63) is 43.0 Å². The SMILES string of the molecule is C=CC(=O)N(CC(C)C)c1ccccc1. The van der Waals surface area contributed by atoms with Crippen LogP contribution >= 0.6 is 0 Å². The van der Waals surface area contributed by atoms with Crippen LogP contribution in [0.3, 0.4) is 0 Å². The van der Waals surface area contributed by atoms with Crippen molar-refractivity contribution >= 4 is 11.6 Å². The number of hydrogen-bond donors (Lipinski definition) is 0. The molecule has 1 amide bonds. The molecular weight excluding hydrogens is 186 g/mol. The molecule has 2 heteroatoms. The first-order valence-electron chi connectivity index (χ1n) is 5.14. The third kappa shape index (κ3) is 3.24. The van der Waals surface area contributed by atoms with Crippen LogP contribution in [0, 0.1) is 5.92 Å². The summed E-state index contributed by atoms with van der Waals surface area (Å²) in [7, 11) is 0. The van der Waals surface area contributed by atoms with Crippen LogP contribution in [-0.2, 0) is 4.79 Å². The van der Waals surface area contributed by atoms with Crippen molar-refractivity contribution in [3.8, 4) is 0 Å². The highest BCUT2D eigenvalue weighted by molar-refractivity contribution is 6.01. The smallest absolute Gasteiger partial charge is 0.250 e. The lowest BCUT2D eigenvalue weighted by atomic mass is 10.2. The third-order valence-electron chi connectivity index (χ3n) is 2.06. The summed E-state index contributed by atoms with van der Waals surface area (Å²) in [6.45, 7) is 8.42. The molecule has 80 valence electrons.